The zero-order valence-electron chi connectivity index (χ0n) is 21.6. The van der Waals surface area contributed by atoms with Crippen LogP contribution in [0.4, 0.5) is 0 Å². The van der Waals surface area contributed by atoms with Crippen molar-refractivity contribution in [3.63, 3.8) is 0 Å². The van der Waals surface area contributed by atoms with Gasteiger partial charge in [-0.2, -0.15) is 0 Å². The van der Waals surface area contributed by atoms with Crippen LogP contribution in [0.2, 0.25) is 20.3 Å². The topological polar surface area (TPSA) is 46.1 Å². The minimum Gasteiger partial charge on any atom is -0.872 e. The number of hydrogen-bond donors (Lipinski definition) is 0. The first kappa shape index (κ1) is 27.1. The van der Waals surface area contributed by atoms with Crippen molar-refractivity contribution in [3.05, 3.63) is 109 Å². The SMILES string of the molecule is C[SiH](C)[Zr+2]([CH]1CCC2C=CC=CC21)[CH]1CCC2C=CC=CC21.[O-]c1ccccc1.[O-]c1ccccc1. The van der Waals surface area contributed by atoms with Crippen LogP contribution in [0.1, 0.15) is 25.7 Å². The maximum atomic E-state index is 10.3. The van der Waals surface area contributed by atoms with Gasteiger partial charge in [0.05, 0.1) is 0 Å². The molecule has 2 aromatic rings. The van der Waals surface area contributed by atoms with Gasteiger partial charge in [0, 0.05) is 0 Å². The Hall–Kier alpha value is -1.90. The van der Waals surface area contributed by atoms with Crippen LogP contribution < -0.4 is 10.2 Å². The predicted octanol–water partition coefficient (Wildman–Crippen LogP) is 6.99. The smallest absolute Gasteiger partial charge is 0.0623 e. The molecule has 0 radical (unpaired) electrons. The van der Waals surface area contributed by atoms with E-state index in [4.69, 9.17) is 0 Å². The van der Waals surface area contributed by atoms with Crippen molar-refractivity contribution in [2.24, 2.45) is 23.7 Å². The van der Waals surface area contributed by atoms with E-state index < -0.39 is 26.8 Å². The van der Waals surface area contributed by atoms with Gasteiger partial charge in [0.15, 0.2) is 0 Å². The molecule has 4 aliphatic carbocycles. The van der Waals surface area contributed by atoms with Crippen molar-refractivity contribution < 1.29 is 31.1 Å². The van der Waals surface area contributed by atoms with E-state index in [-0.39, 0.29) is 11.5 Å². The predicted molar refractivity (Wildman–Crippen MR) is 147 cm³/mol. The Morgan fingerprint density at radius 2 is 0.972 bits per heavy atom. The van der Waals surface area contributed by atoms with E-state index in [0.717, 1.165) is 23.7 Å². The second-order valence-electron chi connectivity index (χ2n) is 10.7. The van der Waals surface area contributed by atoms with Crippen molar-refractivity contribution in [1.82, 2.24) is 0 Å². The third kappa shape index (κ3) is 7.11. The second-order valence-corrected chi connectivity index (χ2v) is 31.5. The van der Waals surface area contributed by atoms with Gasteiger partial charge in [-0.15, -0.1) is 11.5 Å². The van der Waals surface area contributed by atoms with Crippen molar-refractivity contribution in [2.45, 2.75) is 46.0 Å². The summed E-state index contributed by atoms with van der Waals surface area (Å²) in [7, 11) is 0. The summed E-state index contributed by atoms with van der Waals surface area (Å²) in [6.07, 6.45) is 25.7. The normalized spacial score (nSPS) is 29.0. The molecule has 2 fully saturated rings. The average molecular weight is 575 g/mol. The molecule has 0 bridgehead atoms. The molecule has 6 atom stereocenters. The third-order valence-corrected chi connectivity index (χ3v) is 31.9. The molecular weight excluding hydrogens is 536 g/mol. The van der Waals surface area contributed by atoms with Gasteiger partial charge >= 0.3 is 145 Å². The van der Waals surface area contributed by atoms with Gasteiger partial charge in [-0.3, -0.25) is 0 Å². The van der Waals surface area contributed by atoms with E-state index in [1.807, 2.05) is 12.1 Å². The maximum Gasteiger partial charge on any atom is -0.0623 e. The molecule has 6 rings (SSSR count). The number of benzene rings is 2. The number of fused-ring (bicyclic) bond motifs is 2. The summed E-state index contributed by atoms with van der Waals surface area (Å²) in [6.45, 7) is 5.42. The van der Waals surface area contributed by atoms with E-state index in [1.165, 1.54) is 44.4 Å². The van der Waals surface area contributed by atoms with Crippen molar-refractivity contribution in [1.29, 1.82) is 0 Å². The molecule has 4 aliphatic rings. The van der Waals surface area contributed by atoms with E-state index >= 15 is 0 Å². The van der Waals surface area contributed by atoms with Gasteiger partial charge in [-0.25, -0.2) is 0 Å². The van der Waals surface area contributed by atoms with Gasteiger partial charge < -0.3 is 10.2 Å². The van der Waals surface area contributed by atoms with Crippen LogP contribution in [0.5, 0.6) is 11.5 Å². The van der Waals surface area contributed by atoms with Crippen molar-refractivity contribution >= 4 is 5.92 Å². The van der Waals surface area contributed by atoms with Gasteiger partial charge in [0.25, 0.3) is 0 Å². The molecule has 0 amide bonds. The van der Waals surface area contributed by atoms with E-state index in [2.05, 4.69) is 61.7 Å². The summed E-state index contributed by atoms with van der Waals surface area (Å²) in [5, 5.41) is 20.5. The van der Waals surface area contributed by atoms with Crippen LogP contribution in [0.3, 0.4) is 0 Å². The molecule has 0 aliphatic heterocycles. The Labute approximate surface area is 226 Å². The molecule has 4 heteroatoms. The van der Waals surface area contributed by atoms with Crippen molar-refractivity contribution in [2.75, 3.05) is 0 Å². The average Bonchev–Trinajstić information content (AvgIpc) is 3.51. The van der Waals surface area contributed by atoms with Crippen LogP contribution in [0.15, 0.2) is 109 Å². The van der Waals surface area contributed by atoms with Crippen LogP contribution >= 0.6 is 0 Å². The molecule has 2 aromatic carbocycles. The fourth-order valence-corrected chi connectivity index (χ4v) is 33.4. The molecule has 2 nitrogen and oxygen atoms in total. The van der Waals surface area contributed by atoms with Crippen LogP contribution in [0, 0.1) is 23.7 Å². The summed E-state index contributed by atoms with van der Waals surface area (Å²) < 4.78 is 2.34. The van der Waals surface area contributed by atoms with Gasteiger partial charge in [0.2, 0.25) is 0 Å². The van der Waals surface area contributed by atoms with Crippen molar-refractivity contribution in [3.8, 4) is 11.5 Å². The third-order valence-electron chi connectivity index (χ3n) is 8.15. The van der Waals surface area contributed by atoms with E-state index in [1.54, 1.807) is 37.1 Å². The van der Waals surface area contributed by atoms with Gasteiger partial charge in [-0.05, 0) is 0 Å². The Morgan fingerprint density at radius 1 is 0.583 bits per heavy atom. The fraction of sp³-hybridized carbons (Fsp3) is 0.375. The molecule has 36 heavy (non-hydrogen) atoms. The molecule has 187 valence electrons. The molecule has 0 spiro atoms. The quantitative estimate of drug-likeness (QED) is 0.371. The summed E-state index contributed by atoms with van der Waals surface area (Å²) >= 11 is -1.33. The number of rotatable bonds is 3. The van der Waals surface area contributed by atoms with Crippen LogP contribution in [0.25, 0.3) is 0 Å². The Bertz CT molecular complexity index is 965. The summed E-state index contributed by atoms with van der Waals surface area (Å²) in [5.41, 5.74) is 0. The zero-order chi connectivity index (χ0) is 25.3. The number of hydrogen-bond acceptors (Lipinski definition) is 2. The molecule has 0 heterocycles. The Balaban J connectivity index is 0.000000177. The first-order valence-electron chi connectivity index (χ1n) is 13.6. The first-order chi connectivity index (χ1) is 17.5. The van der Waals surface area contributed by atoms with Crippen LogP contribution in [-0.2, 0) is 20.9 Å². The number of para-hydroxylation sites is 2. The fourth-order valence-electron chi connectivity index (χ4n) is 6.66. The molecule has 0 aromatic heterocycles. The first-order valence-corrected chi connectivity index (χ1v) is 23.5. The van der Waals surface area contributed by atoms with Gasteiger partial charge in [0.1, 0.15) is 0 Å². The minimum atomic E-state index is -1.33. The molecular formula is C32H39O2SiZr. The van der Waals surface area contributed by atoms with Crippen LogP contribution in [-0.4, -0.2) is 5.92 Å². The largest absolute Gasteiger partial charge is 0.872 e. The van der Waals surface area contributed by atoms with E-state index in [9.17, 15) is 10.2 Å². The minimum absolute atomic E-state index is 0.0718. The molecule has 0 N–H and O–H groups in total. The standard InChI is InChI=1S/2C9H11.2C6H6O.C2H7Si.Zr/c2*1-2-5-9-7-3-6-8(9)4-1;2*7-6-4-2-1-3-5-6;1-3-2;/h2*1-2,4-6,8-9H,3,7H2;2*1-5,7H;3H,1-2H3;/q;;;;;+2/p-2. The molecule has 0 saturated heterocycles. The zero-order valence-corrected chi connectivity index (χ0v) is 25.2. The molecule has 2 saturated carbocycles. The van der Waals surface area contributed by atoms with E-state index in [0.29, 0.717) is 0 Å². The maximum absolute atomic E-state index is 10.3. The number of allylic oxidation sites excluding steroid dienone is 8. The van der Waals surface area contributed by atoms with Gasteiger partial charge in [-0.1, -0.05) is 60.7 Å². The second kappa shape index (κ2) is 13.6. The monoisotopic (exact) mass is 573 g/mol. The summed E-state index contributed by atoms with van der Waals surface area (Å²) in [5.74, 6) is 3.38. The summed E-state index contributed by atoms with van der Waals surface area (Å²) in [6, 6.07) is 16.7. The summed E-state index contributed by atoms with van der Waals surface area (Å²) in [4.78, 5) is 0. The Morgan fingerprint density at radius 3 is 1.31 bits per heavy atom. The Kier molecular flexibility index (Phi) is 10.2. The molecule has 6 unspecified atom stereocenters.